The Labute approximate surface area is 87.6 Å². The Morgan fingerprint density at radius 3 is 2.71 bits per heavy atom. The summed E-state index contributed by atoms with van der Waals surface area (Å²) in [6.45, 7) is 6.31. The molecule has 1 nitrogen and oxygen atoms in total. The molecule has 0 aliphatic heterocycles. The molecule has 1 rings (SSSR count). The van der Waals surface area contributed by atoms with Crippen molar-refractivity contribution in [3.8, 4) is 0 Å². The van der Waals surface area contributed by atoms with Crippen molar-refractivity contribution in [2.45, 2.75) is 52.9 Å². The molecule has 1 aliphatic rings. The third kappa shape index (κ3) is 3.28. The lowest BCUT2D eigenvalue weighted by atomic mass is 9.82. The molecule has 1 saturated carbocycles. The molecule has 0 heterocycles. The van der Waals surface area contributed by atoms with Crippen LogP contribution in [0.15, 0.2) is 11.6 Å². The van der Waals surface area contributed by atoms with Gasteiger partial charge in [0, 0.05) is 5.41 Å². The van der Waals surface area contributed by atoms with Crippen molar-refractivity contribution in [1.82, 2.24) is 0 Å². The van der Waals surface area contributed by atoms with Crippen LogP contribution in [0, 0.1) is 11.3 Å². The first-order chi connectivity index (χ1) is 6.55. The van der Waals surface area contributed by atoms with Gasteiger partial charge in [0.2, 0.25) is 0 Å². The topological polar surface area (TPSA) is 17.1 Å². The van der Waals surface area contributed by atoms with E-state index < -0.39 is 0 Å². The highest BCUT2D eigenvalue weighted by molar-refractivity contribution is 5.58. The summed E-state index contributed by atoms with van der Waals surface area (Å²) in [5, 5.41) is 0. The molecular weight excluding hydrogens is 172 g/mol. The highest BCUT2D eigenvalue weighted by Gasteiger charge is 2.18. The summed E-state index contributed by atoms with van der Waals surface area (Å²) >= 11 is 0. The molecule has 0 radical (unpaired) electrons. The quantitative estimate of drug-likeness (QED) is 0.494. The highest BCUT2D eigenvalue weighted by Crippen LogP contribution is 2.30. The van der Waals surface area contributed by atoms with Crippen LogP contribution in [0.25, 0.3) is 0 Å². The standard InChI is InChI=1S/C13H22O/c1-11-6-4-5-7-12(11)8-9-13(2,3)10-14/h8,10-11H,4-7,9H2,1-3H3/b12-8+. The Kier molecular flexibility index (Phi) is 3.91. The summed E-state index contributed by atoms with van der Waals surface area (Å²) in [5.74, 6) is 0.742. The zero-order chi connectivity index (χ0) is 10.6. The SMILES string of the molecule is CC1CCCC/C1=C\CC(C)(C)C=O. The molecule has 80 valence electrons. The molecule has 1 unspecified atom stereocenters. The van der Waals surface area contributed by atoms with E-state index in [1.165, 1.54) is 25.7 Å². The Balaban J connectivity index is 2.54. The minimum Gasteiger partial charge on any atom is -0.303 e. The maximum absolute atomic E-state index is 10.8. The predicted molar refractivity (Wildman–Crippen MR) is 60.2 cm³/mol. The van der Waals surface area contributed by atoms with Crippen molar-refractivity contribution >= 4 is 6.29 Å². The Morgan fingerprint density at radius 2 is 2.14 bits per heavy atom. The summed E-state index contributed by atoms with van der Waals surface area (Å²) in [7, 11) is 0. The van der Waals surface area contributed by atoms with Gasteiger partial charge in [0.25, 0.3) is 0 Å². The lowest BCUT2D eigenvalue weighted by Crippen LogP contribution is -2.13. The van der Waals surface area contributed by atoms with Crippen molar-refractivity contribution in [2.24, 2.45) is 11.3 Å². The third-order valence-corrected chi connectivity index (χ3v) is 3.19. The second-order valence-corrected chi connectivity index (χ2v) is 5.24. The molecular formula is C13H22O. The second kappa shape index (κ2) is 4.77. The number of rotatable bonds is 3. The van der Waals surface area contributed by atoms with Crippen LogP contribution in [0.2, 0.25) is 0 Å². The van der Waals surface area contributed by atoms with E-state index in [1.807, 2.05) is 13.8 Å². The predicted octanol–water partition coefficient (Wildman–Crippen LogP) is 3.74. The van der Waals surface area contributed by atoms with Crippen LogP contribution >= 0.6 is 0 Å². The summed E-state index contributed by atoms with van der Waals surface area (Å²) in [6, 6.07) is 0. The molecule has 1 aliphatic carbocycles. The van der Waals surface area contributed by atoms with Gasteiger partial charge in [-0.1, -0.05) is 38.8 Å². The zero-order valence-electron chi connectivity index (χ0n) is 9.68. The van der Waals surface area contributed by atoms with Gasteiger partial charge in [-0.25, -0.2) is 0 Å². The first-order valence-electron chi connectivity index (χ1n) is 5.70. The molecule has 1 fully saturated rings. The fourth-order valence-electron chi connectivity index (χ4n) is 1.96. The van der Waals surface area contributed by atoms with Crippen molar-refractivity contribution < 1.29 is 4.79 Å². The smallest absolute Gasteiger partial charge is 0.125 e. The van der Waals surface area contributed by atoms with Gasteiger partial charge >= 0.3 is 0 Å². The van der Waals surface area contributed by atoms with Gasteiger partial charge in [0.1, 0.15) is 6.29 Å². The Morgan fingerprint density at radius 1 is 1.43 bits per heavy atom. The lowest BCUT2D eigenvalue weighted by molar-refractivity contribution is -0.114. The van der Waals surface area contributed by atoms with Crippen LogP contribution < -0.4 is 0 Å². The molecule has 0 aromatic rings. The zero-order valence-corrected chi connectivity index (χ0v) is 9.68. The molecule has 0 amide bonds. The summed E-state index contributed by atoms with van der Waals surface area (Å²) in [6.07, 6.45) is 9.54. The van der Waals surface area contributed by atoms with Crippen molar-refractivity contribution in [3.63, 3.8) is 0 Å². The van der Waals surface area contributed by atoms with Crippen LogP contribution in [-0.2, 0) is 4.79 Å². The van der Waals surface area contributed by atoms with Crippen LogP contribution in [-0.4, -0.2) is 6.29 Å². The van der Waals surface area contributed by atoms with Crippen LogP contribution in [0.3, 0.4) is 0 Å². The second-order valence-electron chi connectivity index (χ2n) is 5.24. The molecule has 0 spiro atoms. The highest BCUT2D eigenvalue weighted by atomic mass is 16.1. The summed E-state index contributed by atoms with van der Waals surface area (Å²) in [4.78, 5) is 10.8. The molecule has 0 bridgehead atoms. The monoisotopic (exact) mass is 194 g/mol. The molecule has 1 atom stereocenters. The van der Waals surface area contributed by atoms with Gasteiger partial charge in [0.15, 0.2) is 0 Å². The van der Waals surface area contributed by atoms with E-state index in [2.05, 4.69) is 13.0 Å². The largest absolute Gasteiger partial charge is 0.303 e. The van der Waals surface area contributed by atoms with Gasteiger partial charge in [-0.15, -0.1) is 0 Å². The number of carbonyl (C=O) groups excluding carboxylic acids is 1. The Hall–Kier alpha value is -0.590. The molecule has 0 aromatic carbocycles. The van der Waals surface area contributed by atoms with E-state index in [-0.39, 0.29) is 5.41 Å². The van der Waals surface area contributed by atoms with E-state index in [0.717, 1.165) is 18.6 Å². The molecule has 14 heavy (non-hydrogen) atoms. The fourth-order valence-corrected chi connectivity index (χ4v) is 1.96. The first-order valence-corrected chi connectivity index (χ1v) is 5.70. The number of hydrogen-bond acceptors (Lipinski definition) is 1. The minimum absolute atomic E-state index is 0.176. The van der Waals surface area contributed by atoms with Gasteiger partial charge < -0.3 is 4.79 Å². The number of allylic oxidation sites excluding steroid dienone is 2. The molecule has 0 N–H and O–H groups in total. The third-order valence-electron chi connectivity index (χ3n) is 3.19. The van der Waals surface area contributed by atoms with E-state index >= 15 is 0 Å². The van der Waals surface area contributed by atoms with Gasteiger partial charge in [-0.3, -0.25) is 0 Å². The average Bonchev–Trinajstić information content (AvgIpc) is 2.17. The van der Waals surface area contributed by atoms with Crippen molar-refractivity contribution in [1.29, 1.82) is 0 Å². The number of hydrogen-bond donors (Lipinski definition) is 0. The number of carbonyl (C=O) groups is 1. The van der Waals surface area contributed by atoms with Crippen molar-refractivity contribution in [2.75, 3.05) is 0 Å². The average molecular weight is 194 g/mol. The summed E-state index contributed by atoms with van der Waals surface area (Å²) < 4.78 is 0. The minimum atomic E-state index is -0.176. The van der Waals surface area contributed by atoms with Crippen molar-refractivity contribution in [3.05, 3.63) is 11.6 Å². The summed E-state index contributed by atoms with van der Waals surface area (Å²) in [5.41, 5.74) is 1.40. The van der Waals surface area contributed by atoms with Gasteiger partial charge in [-0.2, -0.15) is 0 Å². The fraction of sp³-hybridized carbons (Fsp3) is 0.769. The molecule has 0 saturated heterocycles. The van der Waals surface area contributed by atoms with E-state index in [4.69, 9.17) is 0 Å². The van der Waals surface area contributed by atoms with Crippen LogP contribution in [0.1, 0.15) is 52.9 Å². The van der Waals surface area contributed by atoms with E-state index in [9.17, 15) is 4.79 Å². The van der Waals surface area contributed by atoms with Gasteiger partial charge in [-0.05, 0) is 31.6 Å². The Bertz CT molecular complexity index is 225. The molecule has 0 aromatic heterocycles. The number of aldehydes is 1. The van der Waals surface area contributed by atoms with E-state index in [1.54, 1.807) is 5.57 Å². The lowest BCUT2D eigenvalue weighted by Gasteiger charge is -2.23. The maximum atomic E-state index is 10.8. The molecule has 1 heteroatoms. The van der Waals surface area contributed by atoms with Crippen LogP contribution in [0.5, 0.6) is 0 Å². The maximum Gasteiger partial charge on any atom is 0.125 e. The van der Waals surface area contributed by atoms with Gasteiger partial charge in [0.05, 0.1) is 0 Å². The normalized spacial score (nSPS) is 26.5. The van der Waals surface area contributed by atoms with Crippen LogP contribution in [0.4, 0.5) is 0 Å². The van der Waals surface area contributed by atoms with E-state index in [0.29, 0.717) is 0 Å². The first kappa shape index (κ1) is 11.5.